The SMILES string of the molecule is C=C(C)[C@@H]1CC[C@@H](C)C(=O)CC[C@H](C)CC2(O)C[C@@H](C)[C@@H](C1)O2. The molecule has 0 spiro atoms. The van der Waals surface area contributed by atoms with Gasteiger partial charge in [0.25, 0.3) is 0 Å². The van der Waals surface area contributed by atoms with Crippen LogP contribution in [0.4, 0.5) is 0 Å². The lowest BCUT2D eigenvalue weighted by Gasteiger charge is -2.27. The van der Waals surface area contributed by atoms with E-state index in [-0.39, 0.29) is 12.0 Å². The van der Waals surface area contributed by atoms with Gasteiger partial charge in [0, 0.05) is 25.2 Å². The van der Waals surface area contributed by atoms with E-state index in [9.17, 15) is 9.90 Å². The first-order valence-corrected chi connectivity index (χ1v) is 9.28. The predicted octanol–water partition coefficient (Wildman–Crippen LogP) is 4.49. The molecule has 0 aromatic heterocycles. The largest absolute Gasteiger partial charge is 0.365 e. The smallest absolute Gasteiger partial charge is 0.166 e. The zero-order valence-electron chi connectivity index (χ0n) is 15.3. The molecule has 0 radical (unpaired) electrons. The molecule has 2 fully saturated rings. The Balaban J connectivity index is 2.17. The Morgan fingerprint density at radius 1 is 1.22 bits per heavy atom. The summed E-state index contributed by atoms with van der Waals surface area (Å²) in [4.78, 5) is 12.3. The molecular weight excluding hydrogens is 288 g/mol. The van der Waals surface area contributed by atoms with Crippen LogP contribution in [-0.2, 0) is 9.53 Å². The molecule has 2 heterocycles. The van der Waals surface area contributed by atoms with E-state index in [1.807, 2.05) is 0 Å². The lowest BCUT2D eigenvalue weighted by molar-refractivity contribution is -0.204. The van der Waals surface area contributed by atoms with E-state index in [4.69, 9.17) is 4.74 Å². The summed E-state index contributed by atoms with van der Waals surface area (Å²) >= 11 is 0. The molecule has 3 heteroatoms. The van der Waals surface area contributed by atoms with Crippen molar-refractivity contribution in [3.05, 3.63) is 12.2 Å². The third-order valence-electron chi connectivity index (χ3n) is 5.91. The molecule has 2 bridgehead atoms. The number of carbonyl (C=O) groups excluding carboxylic acids is 1. The molecule has 1 unspecified atom stereocenters. The van der Waals surface area contributed by atoms with Gasteiger partial charge in [0.15, 0.2) is 5.79 Å². The number of Topliss-reactive ketones (excluding diaryl/α,β-unsaturated/α-hetero) is 1. The Morgan fingerprint density at radius 2 is 1.91 bits per heavy atom. The average Bonchev–Trinajstić information content (AvgIpc) is 2.73. The van der Waals surface area contributed by atoms with Crippen LogP contribution in [0.15, 0.2) is 12.2 Å². The molecule has 6 atom stereocenters. The monoisotopic (exact) mass is 322 g/mol. The first-order chi connectivity index (χ1) is 10.7. The molecule has 2 aliphatic rings. The summed E-state index contributed by atoms with van der Waals surface area (Å²) in [5.74, 6) is 0.534. The van der Waals surface area contributed by atoms with Crippen LogP contribution in [0.2, 0.25) is 0 Å². The zero-order chi connectivity index (χ0) is 17.2. The number of hydrogen-bond donors (Lipinski definition) is 1. The van der Waals surface area contributed by atoms with Crippen molar-refractivity contribution in [2.45, 2.75) is 84.5 Å². The number of ketones is 1. The molecule has 3 nitrogen and oxygen atoms in total. The van der Waals surface area contributed by atoms with Gasteiger partial charge in [-0.25, -0.2) is 0 Å². The maximum Gasteiger partial charge on any atom is 0.166 e. The van der Waals surface area contributed by atoms with Crippen molar-refractivity contribution < 1.29 is 14.6 Å². The van der Waals surface area contributed by atoms with Gasteiger partial charge in [-0.1, -0.05) is 32.9 Å². The third kappa shape index (κ3) is 4.90. The van der Waals surface area contributed by atoms with Gasteiger partial charge < -0.3 is 9.84 Å². The van der Waals surface area contributed by atoms with Crippen molar-refractivity contribution in [3.8, 4) is 0 Å². The van der Waals surface area contributed by atoms with Crippen molar-refractivity contribution in [2.24, 2.45) is 23.7 Å². The van der Waals surface area contributed by atoms with Crippen molar-refractivity contribution in [2.75, 3.05) is 0 Å². The number of fused-ring (bicyclic) bond motifs is 2. The number of carbonyl (C=O) groups is 1. The minimum absolute atomic E-state index is 0.0978. The van der Waals surface area contributed by atoms with Crippen molar-refractivity contribution in [1.29, 1.82) is 0 Å². The molecule has 2 aliphatic heterocycles. The second-order valence-corrected chi connectivity index (χ2v) is 8.36. The number of rotatable bonds is 1. The topological polar surface area (TPSA) is 46.5 Å². The normalized spacial score (nSPS) is 43.3. The highest BCUT2D eigenvalue weighted by Gasteiger charge is 2.44. The van der Waals surface area contributed by atoms with Crippen LogP contribution in [0.25, 0.3) is 0 Å². The van der Waals surface area contributed by atoms with Gasteiger partial charge in [-0.05, 0) is 50.4 Å². The number of ether oxygens (including phenoxy) is 1. The first kappa shape index (κ1) is 18.7. The molecule has 0 aromatic carbocycles. The van der Waals surface area contributed by atoms with Gasteiger partial charge in [0.1, 0.15) is 5.78 Å². The highest BCUT2D eigenvalue weighted by atomic mass is 16.6. The average molecular weight is 322 g/mol. The van der Waals surface area contributed by atoms with Gasteiger partial charge in [-0.3, -0.25) is 4.79 Å². The first-order valence-electron chi connectivity index (χ1n) is 9.28. The molecule has 132 valence electrons. The van der Waals surface area contributed by atoms with Crippen LogP contribution in [-0.4, -0.2) is 22.8 Å². The Hall–Kier alpha value is -0.670. The minimum atomic E-state index is -1.01. The number of hydrogen-bond acceptors (Lipinski definition) is 3. The molecule has 23 heavy (non-hydrogen) atoms. The Morgan fingerprint density at radius 3 is 2.57 bits per heavy atom. The standard InChI is InChI=1S/C20H34O3/c1-13(2)17-8-7-15(4)18(21)9-6-14(3)11-20(22)12-16(5)19(10-17)23-20/h14-17,19,22H,1,6-12H2,2-5H3/t14-,15+,16+,17+,19+,20?/m0/s1. The quantitative estimate of drug-likeness (QED) is 0.724. The van der Waals surface area contributed by atoms with E-state index < -0.39 is 5.79 Å². The fourth-order valence-electron chi connectivity index (χ4n) is 4.23. The van der Waals surface area contributed by atoms with E-state index in [1.54, 1.807) is 0 Å². The molecule has 2 rings (SSSR count). The van der Waals surface area contributed by atoms with Crippen molar-refractivity contribution in [3.63, 3.8) is 0 Å². The third-order valence-corrected chi connectivity index (χ3v) is 5.91. The van der Waals surface area contributed by atoms with Crippen LogP contribution < -0.4 is 0 Å². The van der Waals surface area contributed by atoms with Crippen LogP contribution in [0.5, 0.6) is 0 Å². The highest BCUT2D eigenvalue weighted by molar-refractivity contribution is 5.80. The number of aliphatic hydroxyl groups is 1. The Bertz CT molecular complexity index is 444. The highest BCUT2D eigenvalue weighted by Crippen LogP contribution is 2.42. The fourth-order valence-corrected chi connectivity index (χ4v) is 4.23. The van der Waals surface area contributed by atoms with Gasteiger partial charge in [-0.2, -0.15) is 0 Å². The van der Waals surface area contributed by atoms with Crippen LogP contribution in [0.1, 0.15) is 72.6 Å². The van der Waals surface area contributed by atoms with Crippen molar-refractivity contribution >= 4 is 5.78 Å². The summed E-state index contributed by atoms with van der Waals surface area (Å²) in [7, 11) is 0. The number of allylic oxidation sites excluding steroid dienone is 1. The maximum absolute atomic E-state index is 12.3. The molecule has 1 N–H and O–H groups in total. The van der Waals surface area contributed by atoms with E-state index >= 15 is 0 Å². The van der Waals surface area contributed by atoms with Gasteiger partial charge in [-0.15, -0.1) is 0 Å². The summed E-state index contributed by atoms with van der Waals surface area (Å²) in [5, 5.41) is 10.8. The molecule has 0 amide bonds. The summed E-state index contributed by atoms with van der Waals surface area (Å²) in [6.45, 7) is 12.6. The van der Waals surface area contributed by atoms with Crippen molar-refractivity contribution in [1.82, 2.24) is 0 Å². The maximum atomic E-state index is 12.3. The van der Waals surface area contributed by atoms with Gasteiger partial charge in [0.05, 0.1) is 6.10 Å². The second-order valence-electron chi connectivity index (χ2n) is 8.36. The van der Waals surface area contributed by atoms with Crippen LogP contribution in [0, 0.1) is 23.7 Å². The van der Waals surface area contributed by atoms with E-state index in [1.165, 1.54) is 5.57 Å². The molecule has 0 aromatic rings. The minimum Gasteiger partial charge on any atom is -0.365 e. The van der Waals surface area contributed by atoms with E-state index in [0.717, 1.165) is 25.7 Å². The fraction of sp³-hybridized carbons (Fsp3) is 0.850. The Kier molecular flexibility index (Phi) is 6.07. The van der Waals surface area contributed by atoms with Crippen LogP contribution >= 0.6 is 0 Å². The summed E-state index contributed by atoms with van der Waals surface area (Å²) in [5.41, 5.74) is 1.17. The van der Waals surface area contributed by atoms with Crippen LogP contribution in [0.3, 0.4) is 0 Å². The molecule has 2 saturated heterocycles. The summed E-state index contributed by atoms with van der Waals surface area (Å²) in [6.07, 6.45) is 5.73. The molecule has 0 aliphatic carbocycles. The zero-order valence-corrected chi connectivity index (χ0v) is 15.3. The lowest BCUT2D eigenvalue weighted by atomic mass is 9.82. The second kappa shape index (κ2) is 7.48. The van der Waals surface area contributed by atoms with Gasteiger partial charge >= 0.3 is 0 Å². The van der Waals surface area contributed by atoms with Gasteiger partial charge in [0.2, 0.25) is 0 Å². The Labute approximate surface area is 141 Å². The summed E-state index contributed by atoms with van der Waals surface area (Å²) < 4.78 is 6.11. The summed E-state index contributed by atoms with van der Waals surface area (Å²) in [6, 6.07) is 0. The predicted molar refractivity (Wildman–Crippen MR) is 92.9 cm³/mol. The van der Waals surface area contributed by atoms with E-state index in [2.05, 4.69) is 34.3 Å². The molecular formula is C20H34O3. The molecule has 0 saturated carbocycles. The van der Waals surface area contributed by atoms with E-state index in [0.29, 0.717) is 42.8 Å². The lowest BCUT2D eigenvalue weighted by Crippen LogP contribution is -2.31.